The largest absolute Gasteiger partial charge is 0.384 e. The van der Waals surface area contributed by atoms with Crippen molar-refractivity contribution < 1.29 is 13.2 Å². The zero-order valence-corrected chi connectivity index (χ0v) is 11.6. The van der Waals surface area contributed by atoms with Crippen LogP contribution in [0.5, 0.6) is 0 Å². The summed E-state index contributed by atoms with van der Waals surface area (Å²) in [6, 6.07) is 0. The van der Waals surface area contributed by atoms with Crippen molar-refractivity contribution in [1.29, 1.82) is 0 Å². The van der Waals surface area contributed by atoms with E-state index in [4.69, 9.17) is 4.74 Å². The van der Waals surface area contributed by atoms with Gasteiger partial charge in [0.05, 0.1) is 12.4 Å². The summed E-state index contributed by atoms with van der Waals surface area (Å²) in [5.74, 6) is 0.765. The first-order valence-corrected chi connectivity index (χ1v) is 7.82. The second-order valence-electron chi connectivity index (χ2n) is 4.54. The van der Waals surface area contributed by atoms with Gasteiger partial charge in [0.1, 0.15) is 0 Å². The maximum atomic E-state index is 11.9. The van der Waals surface area contributed by atoms with Crippen molar-refractivity contribution in [2.75, 3.05) is 46.2 Å². The number of rotatable bonds is 7. The second kappa shape index (κ2) is 7.31. The van der Waals surface area contributed by atoms with Crippen molar-refractivity contribution in [3.63, 3.8) is 0 Å². The molecule has 1 heterocycles. The Balaban J connectivity index is 2.35. The topological polar surface area (TPSA) is 58.6 Å². The lowest BCUT2D eigenvalue weighted by Crippen LogP contribution is -2.40. The van der Waals surface area contributed by atoms with E-state index < -0.39 is 10.0 Å². The quantitative estimate of drug-likeness (QED) is 0.718. The monoisotopic (exact) mass is 264 g/mol. The summed E-state index contributed by atoms with van der Waals surface area (Å²) in [7, 11) is 0.379. The minimum atomic E-state index is -3.10. The van der Waals surface area contributed by atoms with Gasteiger partial charge in [-0.05, 0) is 38.8 Å². The van der Waals surface area contributed by atoms with E-state index in [1.807, 2.05) is 7.05 Å². The molecule has 17 heavy (non-hydrogen) atoms. The Morgan fingerprint density at radius 2 is 2.00 bits per heavy atom. The van der Waals surface area contributed by atoms with Gasteiger partial charge in [0.15, 0.2) is 0 Å². The number of nitrogens with one attached hydrogen (secondary N) is 1. The molecule has 1 N–H and O–H groups in total. The molecule has 0 unspecified atom stereocenters. The molecule has 0 radical (unpaired) electrons. The minimum Gasteiger partial charge on any atom is -0.384 e. The molecular formula is C11H24N2O3S. The van der Waals surface area contributed by atoms with E-state index >= 15 is 0 Å². The zero-order valence-electron chi connectivity index (χ0n) is 10.8. The predicted octanol–water partition coefficient (Wildman–Crippen LogP) is 0.284. The Hall–Kier alpha value is -0.170. The molecule has 0 aromatic carbocycles. The number of ether oxygens (including phenoxy) is 1. The highest BCUT2D eigenvalue weighted by atomic mass is 32.2. The van der Waals surface area contributed by atoms with Crippen molar-refractivity contribution in [3.8, 4) is 0 Å². The Morgan fingerprint density at radius 1 is 1.35 bits per heavy atom. The molecule has 0 amide bonds. The van der Waals surface area contributed by atoms with Gasteiger partial charge in [0.25, 0.3) is 0 Å². The molecule has 0 atom stereocenters. The van der Waals surface area contributed by atoms with Crippen LogP contribution < -0.4 is 5.32 Å². The first-order valence-electron chi connectivity index (χ1n) is 6.21. The van der Waals surface area contributed by atoms with Crippen molar-refractivity contribution in [2.24, 2.45) is 5.92 Å². The van der Waals surface area contributed by atoms with Crippen LogP contribution in [0.2, 0.25) is 0 Å². The molecule has 1 aliphatic rings. The van der Waals surface area contributed by atoms with Crippen LogP contribution in [0, 0.1) is 5.92 Å². The fraction of sp³-hybridized carbons (Fsp3) is 1.00. The Bertz CT molecular complexity index is 298. The summed E-state index contributed by atoms with van der Waals surface area (Å²) in [6.45, 7) is 2.63. The Morgan fingerprint density at radius 3 is 2.53 bits per heavy atom. The van der Waals surface area contributed by atoms with Gasteiger partial charge < -0.3 is 10.1 Å². The van der Waals surface area contributed by atoms with Crippen LogP contribution in [-0.2, 0) is 14.8 Å². The molecule has 5 nitrogen and oxygen atoms in total. The van der Waals surface area contributed by atoms with Gasteiger partial charge in [-0.25, -0.2) is 12.7 Å². The van der Waals surface area contributed by atoms with Crippen LogP contribution >= 0.6 is 0 Å². The molecule has 1 rings (SSSR count). The third-order valence-electron chi connectivity index (χ3n) is 3.31. The first kappa shape index (κ1) is 14.9. The van der Waals surface area contributed by atoms with Crippen molar-refractivity contribution in [3.05, 3.63) is 0 Å². The highest BCUT2D eigenvalue weighted by Crippen LogP contribution is 2.22. The van der Waals surface area contributed by atoms with Gasteiger partial charge >= 0.3 is 0 Å². The van der Waals surface area contributed by atoms with Crippen LogP contribution in [0.3, 0.4) is 0 Å². The summed E-state index contributed by atoms with van der Waals surface area (Å²) in [4.78, 5) is 0. The highest BCUT2D eigenvalue weighted by Gasteiger charge is 2.27. The fourth-order valence-corrected chi connectivity index (χ4v) is 3.54. The van der Waals surface area contributed by atoms with E-state index in [1.54, 1.807) is 4.31 Å². The number of methoxy groups -OCH3 is 1. The van der Waals surface area contributed by atoms with Gasteiger partial charge in [-0.1, -0.05) is 0 Å². The predicted molar refractivity (Wildman–Crippen MR) is 68.5 cm³/mol. The second-order valence-corrected chi connectivity index (χ2v) is 6.63. The Labute approximate surface area is 105 Å². The summed E-state index contributed by atoms with van der Waals surface area (Å²) in [6.07, 6.45) is 3.10. The molecular weight excluding hydrogens is 240 g/mol. The average Bonchev–Trinajstić information content (AvgIpc) is 2.34. The van der Waals surface area contributed by atoms with E-state index in [9.17, 15) is 8.42 Å². The molecule has 0 spiro atoms. The van der Waals surface area contributed by atoms with Gasteiger partial charge in [-0.15, -0.1) is 0 Å². The van der Waals surface area contributed by atoms with Crippen LogP contribution in [0.15, 0.2) is 0 Å². The smallest absolute Gasteiger partial charge is 0.216 e. The molecule has 1 saturated heterocycles. The van der Waals surface area contributed by atoms with Crippen LogP contribution in [-0.4, -0.2) is 58.9 Å². The van der Waals surface area contributed by atoms with E-state index in [-0.39, 0.29) is 12.4 Å². The molecule has 6 heteroatoms. The fourth-order valence-electron chi connectivity index (χ4n) is 2.14. The van der Waals surface area contributed by atoms with E-state index in [2.05, 4.69) is 5.32 Å². The lowest BCUT2D eigenvalue weighted by atomic mass is 9.95. The molecule has 102 valence electrons. The first-order chi connectivity index (χ1) is 8.10. The minimum absolute atomic E-state index is 0.102. The third-order valence-corrected chi connectivity index (χ3v) is 5.15. The molecule has 1 fully saturated rings. The molecule has 1 aliphatic heterocycles. The lowest BCUT2D eigenvalue weighted by Gasteiger charge is -2.31. The maximum Gasteiger partial charge on any atom is 0.216 e. The van der Waals surface area contributed by atoms with Gasteiger partial charge in [0, 0.05) is 20.2 Å². The highest BCUT2D eigenvalue weighted by molar-refractivity contribution is 7.89. The molecule has 0 bridgehead atoms. The van der Waals surface area contributed by atoms with Crippen molar-refractivity contribution in [2.45, 2.75) is 19.3 Å². The SMILES string of the molecule is CNCCC1CCN(S(=O)(=O)CCOC)CC1. The van der Waals surface area contributed by atoms with E-state index in [0.717, 1.165) is 25.8 Å². The molecule has 0 aromatic rings. The summed E-state index contributed by atoms with van der Waals surface area (Å²) in [5, 5.41) is 3.14. The van der Waals surface area contributed by atoms with Crippen LogP contribution in [0.4, 0.5) is 0 Å². The zero-order chi connectivity index (χ0) is 12.7. The number of hydrogen-bond donors (Lipinski definition) is 1. The standard InChI is InChI=1S/C11H24N2O3S/c1-12-6-3-11-4-7-13(8-5-11)17(14,15)10-9-16-2/h11-12H,3-10H2,1-2H3. The van der Waals surface area contributed by atoms with Crippen LogP contribution in [0.25, 0.3) is 0 Å². The number of sulfonamides is 1. The van der Waals surface area contributed by atoms with Crippen molar-refractivity contribution >= 4 is 10.0 Å². The normalized spacial score (nSPS) is 19.6. The van der Waals surface area contributed by atoms with Gasteiger partial charge in [0.2, 0.25) is 10.0 Å². The lowest BCUT2D eigenvalue weighted by molar-refractivity contribution is 0.212. The average molecular weight is 264 g/mol. The summed E-state index contributed by atoms with van der Waals surface area (Å²) < 4.78 is 30.2. The van der Waals surface area contributed by atoms with E-state index in [0.29, 0.717) is 19.0 Å². The Kier molecular flexibility index (Phi) is 6.40. The van der Waals surface area contributed by atoms with E-state index in [1.165, 1.54) is 7.11 Å². The number of hydrogen-bond acceptors (Lipinski definition) is 4. The van der Waals surface area contributed by atoms with Crippen molar-refractivity contribution in [1.82, 2.24) is 9.62 Å². The third kappa shape index (κ3) is 4.91. The molecule has 0 aromatic heterocycles. The van der Waals surface area contributed by atoms with Gasteiger partial charge in [-0.2, -0.15) is 0 Å². The summed E-state index contributed by atoms with van der Waals surface area (Å²) >= 11 is 0. The number of piperidine rings is 1. The summed E-state index contributed by atoms with van der Waals surface area (Å²) in [5.41, 5.74) is 0. The molecule has 0 aliphatic carbocycles. The number of nitrogens with zero attached hydrogens (tertiary/aromatic N) is 1. The van der Waals surface area contributed by atoms with Crippen LogP contribution in [0.1, 0.15) is 19.3 Å². The maximum absolute atomic E-state index is 11.9. The molecule has 0 saturated carbocycles. The van der Waals surface area contributed by atoms with Gasteiger partial charge in [-0.3, -0.25) is 0 Å².